The van der Waals surface area contributed by atoms with Crippen molar-refractivity contribution in [1.82, 2.24) is 0 Å². The third-order valence-corrected chi connectivity index (χ3v) is 0. The molecule has 0 saturated heterocycles. The van der Waals surface area contributed by atoms with Gasteiger partial charge in [0.05, 0.1) is 0 Å². The summed E-state index contributed by atoms with van der Waals surface area (Å²) < 4.78 is 0. The normalized spacial score (nSPS) is 4.00. The minimum atomic E-state index is 0. The van der Waals surface area contributed by atoms with Gasteiger partial charge in [0, 0.05) is 39.6 Å². The predicted octanol–water partition coefficient (Wildman–Crippen LogP) is 4.51. The van der Waals surface area contributed by atoms with Crippen molar-refractivity contribution in [2.24, 2.45) is 0 Å². The van der Waals surface area contributed by atoms with Gasteiger partial charge in [0.15, 0.2) is 0 Å². The van der Waals surface area contributed by atoms with Gasteiger partial charge in [0.1, 0.15) is 0 Å². The molecule has 0 aliphatic heterocycles. The summed E-state index contributed by atoms with van der Waals surface area (Å²) in [5.74, 6) is 0. The molecule has 0 aromatic heterocycles. The van der Waals surface area contributed by atoms with Crippen molar-refractivity contribution in [3.63, 3.8) is 0 Å². The summed E-state index contributed by atoms with van der Waals surface area (Å²) in [6.07, 6.45) is 3.25. The van der Waals surface area contributed by atoms with Crippen molar-refractivity contribution in [2.75, 3.05) is 0 Å². The largest absolute Gasteiger partial charge is 0.346 e. The van der Waals surface area contributed by atoms with Gasteiger partial charge in [0.25, 0.3) is 0 Å². The molecule has 0 aromatic rings. The fourth-order valence-corrected chi connectivity index (χ4v) is 0. The molecule has 0 spiro atoms. The first-order valence-electron chi connectivity index (χ1n) is 4.28. The van der Waals surface area contributed by atoms with Gasteiger partial charge in [-0.3, -0.25) is 0 Å². The van der Waals surface area contributed by atoms with Crippen LogP contribution in [0.5, 0.6) is 0 Å². The van der Waals surface area contributed by atoms with Gasteiger partial charge in [-0.05, 0) is 0 Å². The predicted molar refractivity (Wildman–Crippen MR) is 54.0 cm³/mol. The molecule has 0 heterocycles. The van der Waals surface area contributed by atoms with Crippen molar-refractivity contribution < 1.29 is 39.6 Å². The third-order valence-electron chi connectivity index (χ3n) is 0. The van der Waals surface area contributed by atoms with Crippen molar-refractivity contribution in [1.29, 1.82) is 0 Å². The molecule has 0 bridgehead atoms. The molecule has 0 atom stereocenters. The van der Waals surface area contributed by atoms with Gasteiger partial charge in [-0.15, -0.1) is 0 Å². The van der Waals surface area contributed by atoms with E-state index in [9.17, 15) is 0 Å². The van der Waals surface area contributed by atoms with E-state index >= 15 is 0 Å². The summed E-state index contributed by atoms with van der Waals surface area (Å²) in [5, 5.41) is 0. The van der Waals surface area contributed by atoms with Crippen LogP contribution in [0.3, 0.4) is 0 Å². The van der Waals surface area contributed by atoms with Gasteiger partial charge < -0.3 is 13.3 Å². The molecule has 79 valence electrons. The van der Waals surface area contributed by atoms with Crippen LogP contribution in [0.1, 0.15) is 54.9 Å². The first-order valence-corrected chi connectivity index (χ1v) is 4.28. The standard InChI is InChI=1S/C3H8.C3H7.C2H6.C2H5.V.W/c2*1-3-2;2*1-2;;/h3H2,1-2H3;3H,1-2H3;1-2H3;1H2,2H3;;/q;-1;;-1;;. The molecule has 0 amide bonds. The van der Waals surface area contributed by atoms with Crippen LogP contribution in [0, 0.1) is 13.3 Å². The Balaban J connectivity index is -0.00000000967. The van der Waals surface area contributed by atoms with Crippen LogP contribution in [-0.4, -0.2) is 0 Å². The molecule has 0 nitrogen and oxygen atoms in total. The molecular weight excluding hydrogens is 355 g/mol. The average Bonchev–Trinajstić information content (AvgIpc) is 1.99. The zero-order valence-corrected chi connectivity index (χ0v) is 14.2. The molecule has 0 saturated carbocycles. The fourth-order valence-electron chi connectivity index (χ4n) is 0. The van der Waals surface area contributed by atoms with E-state index < -0.39 is 0 Å². The second-order valence-corrected chi connectivity index (χ2v) is 1.28. The van der Waals surface area contributed by atoms with Crippen LogP contribution in [0.4, 0.5) is 0 Å². The van der Waals surface area contributed by atoms with E-state index in [4.69, 9.17) is 0 Å². The number of hydrogen-bond donors (Lipinski definition) is 0. The minimum absolute atomic E-state index is 0. The number of hydrogen-bond acceptors (Lipinski definition) is 0. The maximum absolute atomic E-state index is 3.25. The molecule has 0 unspecified atom stereocenters. The van der Waals surface area contributed by atoms with Gasteiger partial charge in [-0.1, -0.05) is 34.1 Å². The van der Waals surface area contributed by atoms with Crippen molar-refractivity contribution in [2.45, 2.75) is 54.9 Å². The molecular formula is C10H26VW-2. The van der Waals surface area contributed by atoms with Crippen LogP contribution in [-0.2, 0) is 39.6 Å². The van der Waals surface area contributed by atoms with Crippen LogP contribution >= 0.6 is 0 Å². The second kappa shape index (κ2) is 146. The van der Waals surface area contributed by atoms with Gasteiger partial charge in [-0.2, -0.15) is 20.8 Å². The molecule has 2 heteroatoms. The fraction of sp³-hybridized carbons (Fsp3) is 0.800. The number of rotatable bonds is 0. The Labute approximate surface area is 107 Å². The van der Waals surface area contributed by atoms with Crippen molar-refractivity contribution in [3.05, 3.63) is 13.3 Å². The van der Waals surface area contributed by atoms with Crippen molar-refractivity contribution in [3.8, 4) is 0 Å². The quantitative estimate of drug-likeness (QED) is 0.542. The van der Waals surface area contributed by atoms with E-state index in [1.807, 2.05) is 34.1 Å². The Morgan fingerprint density at radius 2 is 1.00 bits per heavy atom. The van der Waals surface area contributed by atoms with Crippen LogP contribution in [0.15, 0.2) is 0 Å². The van der Waals surface area contributed by atoms with E-state index in [-0.39, 0.29) is 39.6 Å². The molecule has 0 fully saturated rings. The molecule has 0 aliphatic carbocycles. The van der Waals surface area contributed by atoms with Gasteiger partial charge in [0.2, 0.25) is 0 Å². The Kier molecular flexibility index (Phi) is 459. The molecule has 0 N–H and O–H groups in total. The smallest absolute Gasteiger partial charge is 0 e. The second-order valence-electron chi connectivity index (χ2n) is 1.28. The van der Waals surface area contributed by atoms with Crippen LogP contribution in [0.2, 0.25) is 0 Å². The summed E-state index contributed by atoms with van der Waals surface area (Å²) in [6.45, 7) is 17.2. The topological polar surface area (TPSA) is 0 Å². The van der Waals surface area contributed by atoms with E-state index in [0.717, 1.165) is 0 Å². The summed E-state index contributed by atoms with van der Waals surface area (Å²) in [7, 11) is 0. The minimum Gasteiger partial charge on any atom is -0.346 e. The monoisotopic (exact) mass is 381 g/mol. The van der Waals surface area contributed by atoms with Gasteiger partial charge in [-0.25, -0.2) is 0 Å². The first kappa shape index (κ1) is 37.8. The van der Waals surface area contributed by atoms with Crippen LogP contribution in [0.25, 0.3) is 0 Å². The zero-order valence-electron chi connectivity index (χ0n) is 9.85. The summed E-state index contributed by atoms with van der Waals surface area (Å²) in [5.41, 5.74) is 0. The van der Waals surface area contributed by atoms with E-state index in [1.165, 1.54) is 6.42 Å². The maximum Gasteiger partial charge on any atom is 0 e. The van der Waals surface area contributed by atoms with Crippen molar-refractivity contribution >= 4 is 0 Å². The summed E-state index contributed by atoms with van der Waals surface area (Å²) in [6, 6.07) is 0. The summed E-state index contributed by atoms with van der Waals surface area (Å²) in [4.78, 5) is 0. The Morgan fingerprint density at radius 3 is 1.00 bits per heavy atom. The SMILES string of the molecule is CC.CCC.C[CH-]C.[CH2-]C.[V].[W]. The molecule has 0 rings (SSSR count). The Morgan fingerprint density at radius 1 is 1.00 bits per heavy atom. The summed E-state index contributed by atoms with van der Waals surface area (Å²) >= 11 is 0. The van der Waals surface area contributed by atoms with E-state index in [2.05, 4.69) is 20.8 Å². The molecule has 12 heavy (non-hydrogen) atoms. The average molecular weight is 381 g/mol. The molecule has 0 aliphatic rings. The molecule has 0 aromatic carbocycles. The zero-order chi connectivity index (χ0) is 9.41. The Bertz CT molecular complexity index is 11.8. The van der Waals surface area contributed by atoms with Gasteiger partial charge >= 0.3 is 0 Å². The van der Waals surface area contributed by atoms with E-state index in [0.29, 0.717) is 0 Å². The van der Waals surface area contributed by atoms with Crippen LogP contribution < -0.4 is 0 Å². The third kappa shape index (κ3) is 734. The molecule has 1 radical (unpaired) electrons. The Hall–Kier alpha value is 1.27. The maximum atomic E-state index is 3.25. The van der Waals surface area contributed by atoms with E-state index in [1.54, 1.807) is 6.92 Å². The first-order chi connectivity index (χ1) is 4.83.